The summed E-state index contributed by atoms with van der Waals surface area (Å²) in [4.78, 5) is 40.1. The Labute approximate surface area is 223 Å². The standard InChI is InChI=1S/C29H37FN4O4/c1-6-25(35)32-26(36)16-34-15-22-21(27(34)37)8-7-9-24(22)31-13-20-11-10-19(12-23(20)30)14-33-17-28(2,3)38-29(4,5)18-33/h7-12,31H,6,13-18H2,1-5H3,(H,32,35,36). The first-order valence-electron chi connectivity index (χ1n) is 13.0. The molecular weight excluding hydrogens is 487 g/mol. The monoisotopic (exact) mass is 524 g/mol. The Morgan fingerprint density at radius 2 is 1.76 bits per heavy atom. The Morgan fingerprint density at radius 1 is 1.05 bits per heavy atom. The molecule has 4 rings (SSSR count). The molecule has 9 heteroatoms. The Balaban J connectivity index is 1.39. The summed E-state index contributed by atoms with van der Waals surface area (Å²) in [5, 5.41) is 5.53. The van der Waals surface area contributed by atoms with Crippen LogP contribution in [0.3, 0.4) is 0 Å². The van der Waals surface area contributed by atoms with E-state index in [4.69, 9.17) is 4.74 Å². The number of morpholine rings is 1. The zero-order valence-corrected chi connectivity index (χ0v) is 22.8. The number of benzene rings is 2. The Morgan fingerprint density at radius 3 is 2.42 bits per heavy atom. The highest BCUT2D eigenvalue weighted by molar-refractivity contribution is 6.03. The zero-order chi connectivity index (χ0) is 27.7. The molecule has 2 N–H and O–H groups in total. The van der Waals surface area contributed by atoms with Crippen molar-refractivity contribution in [3.05, 3.63) is 64.5 Å². The third-order valence-corrected chi connectivity index (χ3v) is 6.73. The zero-order valence-electron chi connectivity index (χ0n) is 22.8. The third kappa shape index (κ3) is 6.57. The number of hydrogen-bond donors (Lipinski definition) is 2. The summed E-state index contributed by atoms with van der Waals surface area (Å²) in [5.74, 6) is -1.46. The summed E-state index contributed by atoms with van der Waals surface area (Å²) in [6.45, 7) is 12.4. The van der Waals surface area contributed by atoms with E-state index in [0.29, 0.717) is 23.4 Å². The molecule has 0 unspecified atom stereocenters. The van der Waals surface area contributed by atoms with Gasteiger partial charge in [-0.25, -0.2) is 4.39 Å². The van der Waals surface area contributed by atoms with Crippen LogP contribution >= 0.6 is 0 Å². The van der Waals surface area contributed by atoms with Crippen LogP contribution in [0.15, 0.2) is 36.4 Å². The second-order valence-corrected chi connectivity index (χ2v) is 11.4. The van der Waals surface area contributed by atoms with Crippen molar-refractivity contribution in [2.45, 2.75) is 71.9 Å². The minimum Gasteiger partial charge on any atom is -0.381 e. The number of fused-ring (bicyclic) bond motifs is 1. The van der Waals surface area contributed by atoms with Crippen molar-refractivity contribution in [3.63, 3.8) is 0 Å². The molecule has 8 nitrogen and oxygen atoms in total. The lowest BCUT2D eigenvalue weighted by molar-refractivity contribution is -0.182. The van der Waals surface area contributed by atoms with E-state index < -0.39 is 5.91 Å². The molecule has 0 saturated carbocycles. The summed E-state index contributed by atoms with van der Waals surface area (Å²) >= 11 is 0. The van der Waals surface area contributed by atoms with Crippen molar-refractivity contribution in [2.75, 3.05) is 25.0 Å². The van der Waals surface area contributed by atoms with E-state index >= 15 is 4.39 Å². The Kier molecular flexibility index (Phi) is 7.90. The quantitative estimate of drug-likeness (QED) is 0.546. The topological polar surface area (TPSA) is 91.0 Å². The van der Waals surface area contributed by atoms with Crippen LogP contribution in [0.2, 0.25) is 0 Å². The van der Waals surface area contributed by atoms with Crippen LogP contribution in [0.4, 0.5) is 10.1 Å². The molecule has 2 aromatic rings. The minimum atomic E-state index is -0.515. The molecule has 2 aliphatic rings. The van der Waals surface area contributed by atoms with Gasteiger partial charge in [-0.3, -0.25) is 24.6 Å². The smallest absolute Gasteiger partial charge is 0.255 e. The molecule has 1 saturated heterocycles. The van der Waals surface area contributed by atoms with Crippen molar-refractivity contribution >= 4 is 23.4 Å². The van der Waals surface area contributed by atoms with Crippen molar-refractivity contribution < 1.29 is 23.5 Å². The van der Waals surface area contributed by atoms with E-state index in [0.717, 1.165) is 24.2 Å². The number of halogens is 1. The van der Waals surface area contributed by atoms with E-state index in [-0.39, 0.29) is 54.9 Å². The van der Waals surface area contributed by atoms with E-state index in [9.17, 15) is 14.4 Å². The molecule has 0 atom stereocenters. The third-order valence-electron chi connectivity index (χ3n) is 6.73. The highest BCUT2D eigenvalue weighted by atomic mass is 19.1. The fraction of sp³-hybridized carbons (Fsp3) is 0.483. The summed E-state index contributed by atoms with van der Waals surface area (Å²) in [5.41, 5.74) is 2.85. The van der Waals surface area contributed by atoms with E-state index in [2.05, 4.69) is 43.2 Å². The minimum absolute atomic E-state index is 0.190. The average Bonchev–Trinajstić information content (AvgIpc) is 3.12. The van der Waals surface area contributed by atoms with Crippen LogP contribution in [0.1, 0.15) is 68.1 Å². The maximum absolute atomic E-state index is 15.1. The van der Waals surface area contributed by atoms with Gasteiger partial charge in [-0.2, -0.15) is 0 Å². The number of hydrogen-bond acceptors (Lipinski definition) is 6. The fourth-order valence-electron chi connectivity index (χ4n) is 5.48. The van der Waals surface area contributed by atoms with Gasteiger partial charge in [0.05, 0.1) is 11.2 Å². The summed E-state index contributed by atoms with van der Waals surface area (Å²) < 4.78 is 21.2. The number of nitrogens with zero attached hydrogens (tertiary/aromatic N) is 2. The number of amides is 3. The van der Waals surface area contributed by atoms with Crippen molar-refractivity contribution in [2.24, 2.45) is 0 Å². The molecule has 1 fully saturated rings. The highest BCUT2D eigenvalue weighted by Crippen LogP contribution is 2.31. The first-order valence-corrected chi connectivity index (χ1v) is 13.0. The van der Waals surface area contributed by atoms with Crippen LogP contribution in [0.5, 0.6) is 0 Å². The van der Waals surface area contributed by atoms with Crippen molar-refractivity contribution in [3.8, 4) is 0 Å². The SMILES string of the molecule is CCC(=O)NC(=O)CN1Cc2c(NCc3ccc(CN4CC(C)(C)OC(C)(C)C4)cc3F)cccc2C1=O. The van der Waals surface area contributed by atoms with Crippen LogP contribution in [0, 0.1) is 5.82 Å². The van der Waals surface area contributed by atoms with Gasteiger partial charge >= 0.3 is 0 Å². The maximum atomic E-state index is 15.1. The predicted molar refractivity (Wildman–Crippen MR) is 143 cm³/mol. The van der Waals surface area contributed by atoms with Gasteiger partial charge in [0.1, 0.15) is 12.4 Å². The van der Waals surface area contributed by atoms with Gasteiger partial charge < -0.3 is 15.0 Å². The molecule has 3 amide bonds. The van der Waals surface area contributed by atoms with Gasteiger partial charge in [-0.1, -0.05) is 25.1 Å². The first kappa shape index (κ1) is 27.7. The summed E-state index contributed by atoms with van der Waals surface area (Å²) in [7, 11) is 0. The fourth-order valence-corrected chi connectivity index (χ4v) is 5.48. The number of anilines is 1. The molecule has 0 aromatic heterocycles. The van der Waals surface area contributed by atoms with Crippen LogP contribution in [-0.4, -0.2) is 58.4 Å². The highest BCUT2D eigenvalue weighted by Gasteiger charge is 2.38. The maximum Gasteiger partial charge on any atom is 0.255 e. The van der Waals surface area contributed by atoms with Crippen LogP contribution < -0.4 is 10.6 Å². The Hall–Kier alpha value is -3.30. The van der Waals surface area contributed by atoms with Gasteiger partial charge in [0, 0.05) is 61.5 Å². The molecule has 2 aromatic carbocycles. The van der Waals surface area contributed by atoms with Crippen molar-refractivity contribution in [1.29, 1.82) is 0 Å². The molecule has 204 valence electrons. The van der Waals surface area contributed by atoms with Gasteiger partial charge in [-0.05, 0) is 51.5 Å². The van der Waals surface area contributed by atoms with Crippen molar-refractivity contribution in [1.82, 2.24) is 15.1 Å². The number of imide groups is 1. The second kappa shape index (κ2) is 10.8. The molecule has 0 aliphatic carbocycles. The normalized spacial score (nSPS) is 18.3. The lowest BCUT2D eigenvalue weighted by Gasteiger charge is -2.47. The Bertz CT molecular complexity index is 1230. The number of ether oxygens (including phenoxy) is 1. The van der Waals surface area contributed by atoms with E-state index in [1.165, 1.54) is 4.90 Å². The lowest BCUT2D eigenvalue weighted by Crippen LogP contribution is -2.56. The molecule has 38 heavy (non-hydrogen) atoms. The van der Waals surface area contributed by atoms with Crippen LogP contribution in [0.25, 0.3) is 0 Å². The summed E-state index contributed by atoms with van der Waals surface area (Å²) in [6, 6.07) is 10.6. The first-order chi connectivity index (χ1) is 17.9. The number of rotatable bonds is 8. The number of carbonyl (C=O) groups excluding carboxylic acids is 3. The van der Waals surface area contributed by atoms with Gasteiger partial charge in [0.15, 0.2) is 0 Å². The predicted octanol–water partition coefficient (Wildman–Crippen LogP) is 3.84. The summed E-state index contributed by atoms with van der Waals surface area (Å²) in [6.07, 6.45) is 0.190. The molecular formula is C29H37FN4O4. The largest absolute Gasteiger partial charge is 0.381 e. The average molecular weight is 525 g/mol. The molecule has 2 heterocycles. The molecule has 2 aliphatic heterocycles. The molecule has 0 radical (unpaired) electrons. The number of carbonyl (C=O) groups is 3. The number of nitrogens with one attached hydrogen (secondary N) is 2. The van der Waals surface area contributed by atoms with E-state index in [1.807, 2.05) is 12.1 Å². The van der Waals surface area contributed by atoms with Gasteiger partial charge in [0.25, 0.3) is 5.91 Å². The van der Waals surface area contributed by atoms with Gasteiger partial charge in [0.2, 0.25) is 11.8 Å². The molecule has 0 spiro atoms. The van der Waals surface area contributed by atoms with E-state index in [1.54, 1.807) is 31.2 Å². The lowest BCUT2D eigenvalue weighted by atomic mass is 9.98. The molecule has 0 bridgehead atoms. The van der Waals surface area contributed by atoms with Crippen LogP contribution in [-0.2, 0) is 34.0 Å². The second-order valence-electron chi connectivity index (χ2n) is 11.4. The van der Waals surface area contributed by atoms with Gasteiger partial charge in [-0.15, -0.1) is 0 Å².